The zero-order valence-corrected chi connectivity index (χ0v) is 9.12. The van der Waals surface area contributed by atoms with Crippen LogP contribution < -0.4 is 0 Å². The van der Waals surface area contributed by atoms with E-state index in [1.54, 1.807) is 0 Å². The van der Waals surface area contributed by atoms with Gasteiger partial charge in [0.25, 0.3) is 0 Å². The van der Waals surface area contributed by atoms with Gasteiger partial charge in [0, 0.05) is 6.42 Å². The highest BCUT2D eigenvalue weighted by atomic mass is 16.5. The second-order valence-corrected chi connectivity index (χ2v) is 3.91. The molecular weight excluding hydrogens is 180 g/mol. The monoisotopic (exact) mass is 200 g/mol. The molecule has 1 fully saturated rings. The van der Waals surface area contributed by atoms with E-state index in [0.29, 0.717) is 19.1 Å². The van der Waals surface area contributed by atoms with Crippen LogP contribution in [0.4, 0.5) is 0 Å². The summed E-state index contributed by atoms with van der Waals surface area (Å²) < 4.78 is 11.0. The minimum atomic E-state index is 0.161. The predicted molar refractivity (Wildman–Crippen MR) is 54.3 cm³/mol. The molecule has 0 radical (unpaired) electrons. The van der Waals surface area contributed by atoms with E-state index in [1.165, 1.54) is 6.42 Å². The van der Waals surface area contributed by atoms with E-state index < -0.39 is 0 Å². The van der Waals surface area contributed by atoms with Crippen molar-refractivity contribution in [3.05, 3.63) is 0 Å². The molecule has 2 atom stereocenters. The third-order valence-electron chi connectivity index (χ3n) is 2.52. The molecule has 82 valence electrons. The third-order valence-corrected chi connectivity index (χ3v) is 2.52. The van der Waals surface area contributed by atoms with Crippen molar-refractivity contribution in [1.29, 1.82) is 0 Å². The Kier molecular flexibility index (Phi) is 5.12. The van der Waals surface area contributed by atoms with E-state index in [2.05, 4.69) is 6.92 Å². The Bertz CT molecular complexity index is 179. The average Bonchev–Trinajstić information content (AvgIpc) is 2.17. The van der Waals surface area contributed by atoms with Crippen molar-refractivity contribution in [3.8, 4) is 0 Å². The van der Waals surface area contributed by atoms with Gasteiger partial charge in [0.1, 0.15) is 6.61 Å². The van der Waals surface area contributed by atoms with Crippen molar-refractivity contribution in [2.45, 2.75) is 51.7 Å². The molecule has 0 amide bonds. The topological polar surface area (TPSA) is 35.5 Å². The lowest BCUT2D eigenvalue weighted by Crippen LogP contribution is -2.30. The number of ether oxygens (including phenoxy) is 2. The maximum absolute atomic E-state index is 11.0. The zero-order chi connectivity index (χ0) is 10.4. The first-order valence-corrected chi connectivity index (χ1v) is 5.47. The van der Waals surface area contributed by atoms with Crippen LogP contribution in [0.2, 0.25) is 0 Å². The molecule has 1 heterocycles. The van der Waals surface area contributed by atoms with Gasteiger partial charge in [-0.3, -0.25) is 4.79 Å². The normalized spacial score (nSPS) is 27.6. The maximum atomic E-state index is 11.0. The van der Waals surface area contributed by atoms with Crippen molar-refractivity contribution in [1.82, 2.24) is 0 Å². The van der Waals surface area contributed by atoms with Gasteiger partial charge in [-0.15, -0.1) is 0 Å². The van der Waals surface area contributed by atoms with E-state index in [1.807, 2.05) is 6.92 Å². The number of ketones is 1. The number of rotatable bonds is 5. The molecule has 0 saturated carbocycles. The van der Waals surface area contributed by atoms with Crippen LogP contribution in [0, 0.1) is 0 Å². The van der Waals surface area contributed by atoms with Gasteiger partial charge < -0.3 is 9.47 Å². The molecule has 0 aromatic heterocycles. The fourth-order valence-corrected chi connectivity index (χ4v) is 1.63. The Hall–Kier alpha value is -0.410. The Balaban J connectivity index is 2.08. The smallest absolute Gasteiger partial charge is 0.158 e. The van der Waals surface area contributed by atoms with Crippen molar-refractivity contribution >= 4 is 5.78 Å². The second kappa shape index (κ2) is 6.14. The molecular formula is C11H20O3. The Morgan fingerprint density at radius 2 is 2.29 bits per heavy atom. The standard InChI is InChI=1S/C11H20O3/c1-3-10(12)7-13-8-11-6-4-5-9(2)14-11/h9,11H,3-8H2,1-2H3. The Labute approximate surface area is 85.8 Å². The maximum Gasteiger partial charge on any atom is 0.158 e. The van der Waals surface area contributed by atoms with Gasteiger partial charge in [-0.1, -0.05) is 6.92 Å². The Morgan fingerprint density at radius 1 is 1.50 bits per heavy atom. The first kappa shape index (κ1) is 11.7. The van der Waals surface area contributed by atoms with Crippen LogP contribution in [-0.2, 0) is 14.3 Å². The van der Waals surface area contributed by atoms with Crippen molar-refractivity contribution < 1.29 is 14.3 Å². The van der Waals surface area contributed by atoms with Gasteiger partial charge in [0.05, 0.1) is 18.8 Å². The lowest BCUT2D eigenvalue weighted by atomic mass is 10.1. The minimum absolute atomic E-state index is 0.161. The largest absolute Gasteiger partial charge is 0.373 e. The number of hydrogen-bond donors (Lipinski definition) is 0. The van der Waals surface area contributed by atoms with E-state index in [0.717, 1.165) is 12.8 Å². The van der Waals surface area contributed by atoms with E-state index >= 15 is 0 Å². The lowest BCUT2D eigenvalue weighted by molar-refractivity contribution is -0.127. The molecule has 3 nitrogen and oxygen atoms in total. The van der Waals surface area contributed by atoms with Crippen LogP contribution in [0.1, 0.15) is 39.5 Å². The van der Waals surface area contributed by atoms with E-state index in [4.69, 9.17) is 9.47 Å². The molecule has 3 heteroatoms. The summed E-state index contributed by atoms with van der Waals surface area (Å²) >= 11 is 0. The summed E-state index contributed by atoms with van der Waals surface area (Å²) in [6, 6.07) is 0. The Morgan fingerprint density at radius 3 is 2.93 bits per heavy atom. The summed E-state index contributed by atoms with van der Waals surface area (Å²) in [5.74, 6) is 0.161. The number of hydrogen-bond acceptors (Lipinski definition) is 3. The zero-order valence-electron chi connectivity index (χ0n) is 9.12. The molecule has 2 unspecified atom stereocenters. The molecule has 0 aromatic rings. The van der Waals surface area contributed by atoms with Crippen LogP contribution in [0.25, 0.3) is 0 Å². The molecule has 1 aliphatic rings. The predicted octanol–water partition coefficient (Wildman–Crippen LogP) is 1.94. The molecule has 1 rings (SSSR count). The van der Waals surface area contributed by atoms with Crippen LogP contribution >= 0.6 is 0 Å². The fourth-order valence-electron chi connectivity index (χ4n) is 1.63. The third kappa shape index (κ3) is 4.20. The lowest BCUT2D eigenvalue weighted by Gasteiger charge is -2.27. The SMILES string of the molecule is CCC(=O)COCC1CCCC(C)O1. The molecule has 0 spiro atoms. The second-order valence-electron chi connectivity index (χ2n) is 3.91. The number of Topliss-reactive ketones (excluding diaryl/α,β-unsaturated/α-hetero) is 1. The summed E-state index contributed by atoms with van der Waals surface area (Å²) in [5, 5.41) is 0. The van der Waals surface area contributed by atoms with Gasteiger partial charge in [0.2, 0.25) is 0 Å². The summed E-state index contributed by atoms with van der Waals surface area (Å²) in [7, 11) is 0. The summed E-state index contributed by atoms with van der Waals surface area (Å²) in [6.45, 7) is 4.75. The summed E-state index contributed by atoms with van der Waals surface area (Å²) in [5.41, 5.74) is 0. The molecule has 0 aromatic carbocycles. The van der Waals surface area contributed by atoms with Crippen LogP contribution in [0.15, 0.2) is 0 Å². The van der Waals surface area contributed by atoms with Crippen LogP contribution in [0.5, 0.6) is 0 Å². The van der Waals surface area contributed by atoms with Gasteiger partial charge in [0.15, 0.2) is 5.78 Å². The highest BCUT2D eigenvalue weighted by molar-refractivity contribution is 5.79. The van der Waals surface area contributed by atoms with Gasteiger partial charge in [-0.2, -0.15) is 0 Å². The molecule has 14 heavy (non-hydrogen) atoms. The number of carbonyl (C=O) groups excluding carboxylic acids is 1. The summed E-state index contributed by atoms with van der Waals surface area (Å²) in [6.07, 6.45) is 4.51. The average molecular weight is 200 g/mol. The van der Waals surface area contributed by atoms with Crippen LogP contribution in [0.3, 0.4) is 0 Å². The molecule has 1 aliphatic heterocycles. The summed E-state index contributed by atoms with van der Waals surface area (Å²) in [4.78, 5) is 11.0. The molecule has 1 saturated heterocycles. The molecule has 0 aliphatic carbocycles. The van der Waals surface area contributed by atoms with Crippen molar-refractivity contribution in [3.63, 3.8) is 0 Å². The quantitative estimate of drug-likeness (QED) is 0.680. The van der Waals surface area contributed by atoms with Gasteiger partial charge >= 0.3 is 0 Å². The van der Waals surface area contributed by atoms with E-state index in [-0.39, 0.29) is 18.5 Å². The number of carbonyl (C=O) groups is 1. The highest BCUT2D eigenvalue weighted by Crippen LogP contribution is 2.18. The van der Waals surface area contributed by atoms with Crippen LogP contribution in [-0.4, -0.2) is 31.2 Å². The fraction of sp³-hybridized carbons (Fsp3) is 0.909. The first-order chi connectivity index (χ1) is 6.72. The minimum Gasteiger partial charge on any atom is -0.373 e. The van der Waals surface area contributed by atoms with E-state index in [9.17, 15) is 4.79 Å². The van der Waals surface area contributed by atoms with Gasteiger partial charge in [-0.25, -0.2) is 0 Å². The van der Waals surface area contributed by atoms with Crippen molar-refractivity contribution in [2.24, 2.45) is 0 Å². The van der Waals surface area contributed by atoms with Crippen molar-refractivity contribution in [2.75, 3.05) is 13.2 Å². The van der Waals surface area contributed by atoms with Gasteiger partial charge in [-0.05, 0) is 26.2 Å². The molecule has 0 bridgehead atoms. The molecule has 0 N–H and O–H groups in total. The highest BCUT2D eigenvalue weighted by Gasteiger charge is 2.19. The first-order valence-electron chi connectivity index (χ1n) is 5.47.